The fourth-order valence-electron chi connectivity index (χ4n) is 2.88. The van der Waals surface area contributed by atoms with Crippen LogP contribution >= 0.6 is 0 Å². The summed E-state index contributed by atoms with van der Waals surface area (Å²) in [7, 11) is -4.80. The zero-order chi connectivity index (χ0) is 19.1. The molecule has 26 heavy (non-hydrogen) atoms. The van der Waals surface area contributed by atoms with Crippen LogP contribution in [-0.4, -0.2) is 37.6 Å². The Bertz CT molecular complexity index is 1060. The van der Waals surface area contributed by atoms with Gasteiger partial charge in [-0.05, 0) is 42.3 Å². The minimum Gasteiger partial charge on any atom is -0.493 e. The first kappa shape index (κ1) is 18.5. The molecule has 0 saturated heterocycles. The lowest BCUT2D eigenvalue weighted by Crippen LogP contribution is -2.29. The molecule has 8 nitrogen and oxygen atoms in total. The van der Waals surface area contributed by atoms with Crippen LogP contribution in [0.2, 0.25) is 0 Å². The van der Waals surface area contributed by atoms with Crippen molar-refractivity contribution in [1.82, 2.24) is 0 Å². The highest BCUT2D eigenvalue weighted by Gasteiger charge is 2.32. The molecule has 0 saturated carbocycles. The molecule has 10 heteroatoms. The molecule has 0 radical (unpaired) electrons. The SMILES string of the molecule is COc1ccc(S(=O)(=O)N2CCc3cc(S(N)(=O)=O)ccc32)cc1OC. The molecule has 0 amide bonds. The number of ether oxygens (including phenoxy) is 2. The summed E-state index contributed by atoms with van der Waals surface area (Å²) in [5, 5.41) is 5.14. The van der Waals surface area contributed by atoms with Gasteiger partial charge in [0.25, 0.3) is 10.0 Å². The summed E-state index contributed by atoms with van der Waals surface area (Å²) in [5.41, 5.74) is 1.05. The number of anilines is 1. The van der Waals surface area contributed by atoms with Crippen LogP contribution in [0.3, 0.4) is 0 Å². The van der Waals surface area contributed by atoms with Gasteiger partial charge >= 0.3 is 0 Å². The van der Waals surface area contributed by atoms with Crippen molar-refractivity contribution in [2.24, 2.45) is 5.14 Å². The van der Waals surface area contributed by atoms with Crippen molar-refractivity contribution in [3.05, 3.63) is 42.0 Å². The standard InChI is InChI=1S/C16H18N2O6S2/c1-23-15-6-4-13(10-16(15)24-2)26(21,22)18-8-7-11-9-12(25(17,19)20)3-5-14(11)18/h3-6,9-10H,7-8H2,1-2H3,(H2,17,19,20). The first-order valence-corrected chi connectivity index (χ1v) is 10.6. The van der Waals surface area contributed by atoms with Gasteiger partial charge in [0.15, 0.2) is 11.5 Å². The Morgan fingerprint density at radius 3 is 2.19 bits per heavy atom. The van der Waals surface area contributed by atoms with Crippen molar-refractivity contribution in [2.75, 3.05) is 25.1 Å². The molecule has 0 fully saturated rings. The molecule has 0 unspecified atom stereocenters. The summed E-state index contributed by atoms with van der Waals surface area (Å²) in [6, 6.07) is 8.52. The summed E-state index contributed by atoms with van der Waals surface area (Å²) in [4.78, 5) is 0.0140. The number of sulfonamides is 2. The second-order valence-corrected chi connectivity index (χ2v) is 9.10. The van der Waals surface area contributed by atoms with E-state index < -0.39 is 20.0 Å². The highest BCUT2D eigenvalue weighted by molar-refractivity contribution is 7.92. The molecule has 140 valence electrons. The van der Waals surface area contributed by atoms with E-state index in [-0.39, 0.29) is 16.3 Å². The van der Waals surface area contributed by atoms with Crippen LogP contribution < -0.4 is 18.9 Å². The Kier molecular flexibility index (Phi) is 4.59. The summed E-state index contributed by atoms with van der Waals surface area (Å²) in [5.74, 6) is 0.726. The van der Waals surface area contributed by atoms with E-state index in [1.807, 2.05) is 0 Å². The number of benzene rings is 2. The number of hydrogen-bond acceptors (Lipinski definition) is 6. The minimum absolute atomic E-state index is 0.0402. The summed E-state index contributed by atoms with van der Waals surface area (Å²) >= 11 is 0. The zero-order valence-corrected chi connectivity index (χ0v) is 15.8. The summed E-state index contributed by atoms with van der Waals surface area (Å²) < 4.78 is 60.6. The van der Waals surface area contributed by atoms with Gasteiger partial charge in [0.2, 0.25) is 10.0 Å². The molecule has 0 spiro atoms. The fourth-order valence-corrected chi connectivity index (χ4v) is 4.96. The molecule has 2 N–H and O–H groups in total. The summed E-state index contributed by atoms with van der Waals surface area (Å²) in [6.07, 6.45) is 0.394. The number of methoxy groups -OCH3 is 2. The van der Waals surface area contributed by atoms with Crippen LogP contribution in [0.15, 0.2) is 46.2 Å². The van der Waals surface area contributed by atoms with Gasteiger partial charge in [0.05, 0.1) is 29.7 Å². The molecule has 0 aromatic heterocycles. The van der Waals surface area contributed by atoms with Gasteiger partial charge in [0, 0.05) is 12.6 Å². The van der Waals surface area contributed by atoms with Gasteiger partial charge in [0.1, 0.15) is 0 Å². The van der Waals surface area contributed by atoms with Crippen molar-refractivity contribution < 1.29 is 26.3 Å². The molecule has 0 aliphatic carbocycles. The van der Waals surface area contributed by atoms with E-state index >= 15 is 0 Å². The number of rotatable bonds is 5. The normalized spacial score (nSPS) is 14.2. The molecule has 1 aliphatic heterocycles. The molecule has 1 heterocycles. The molecule has 3 rings (SSSR count). The van der Waals surface area contributed by atoms with E-state index in [2.05, 4.69) is 0 Å². The van der Waals surface area contributed by atoms with E-state index in [0.717, 1.165) is 0 Å². The van der Waals surface area contributed by atoms with Gasteiger partial charge in [-0.25, -0.2) is 22.0 Å². The van der Waals surface area contributed by atoms with Gasteiger partial charge in [-0.2, -0.15) is 0 Å². The van der Waals surface area contributed by atoms with Crippen LogP contribution in [0.1, 0.15) is 5.56 Å². The van der Waals surface area contributed by atoms with Crippen molar-refractivity contribution in [1.29, 1.82) is 0 Å². The largest absolute Gasteiger partial charge is 0.493 e. The minimum atomic E-state index is -3.84. The molecule has 1 aliphatic rings. The Hall–Kier alpha value is -2.30. The third-order valence-electron chi connectivity index (χ3n) is 4.18. The average Bonchev–Trinajstić information content (AvgIpc) is 3.04. The Labute approximate surface area is 152 Å². The van der Waals surface area contributed by atoms with Crippen LogP contribution in [0, 0.1) is 0 Å². The third-order valence-corrected chi connectivity index (χ3v) is 6.90. The van der Waals surface area contributed by atoms with E-state index in [9.17, 15) is 16.8 Å². The molecule has 0 atom stereocenters. The number of fused-ring (bicyclic) bond motifs is 1. The first-order chi connectivity index (χ1) is 12.2. The molecule has 2 aromatic rings. The van der Waals surface area contributed by atoms with E-state index in [4.69, 9.17) is 14.6 Å². The Morgan fingerprint density at radius 1 is 0.923 bits per heavy atom. The monoisotopic (exact) mass is 398 g/mol. The van der Waals surface area contributed by atoms with Gasteiger partial charge in [-0.15, -0.1) is 0 Å². The highest BCUT2D eigenvalue weighted by Crippen LogP contribution is 2.36. The first-order valence-electron chi connectivity index (χ1n) is 7.59. The van der Waals surface area contributed by atoms with Gasteiger partial charge in [-0.3, -0.25) is 4.31 Å². The average molecular weight is 398 g/mol. The van der Waals surface area contributed by atoms with Gasteiger partial charge < -0.3 is 9.47 Å². The van der Waals surface area contributed by atoms with Crippen molar-refractivity contribution in [3.8, 4) is 11.5 Å². The predicted octanol–water partition coefficient (Wildman–Crippen LogP) is 1.10. The summed E-state index contributed by atoms with van der Waals surface area (Å²) in [6.45, 7) is 0.208. The topological polar surface area (TPSA) is 116 Å². The van der Waals surface area contributed by atoms with Crippen molar-refractivity contribution >= 4 is 25.7 Å². The van der Waals surface area contributed by atoms with Crippen molar-refractivity contribution in [3.63, 3.8) is 0 Å². The molecule has 0 bridgehead atoms. The van der Waals surface area contributed by atoms with Crippen LogP contribution in [0.25, 0.3) is 0 Å². The smallest absolute Gasteiger partial charge is 0.264 e. The lowest BCUT2D eigenvalue weighted by molar-refractivity contribution is 0.354. The van der Waals surface area contributed by atoms with Crippen LogP contribution in [0.4, 0.5) is 5.69 Å². The second-order valence-electron chi connectivity index (χ2n) is 5.68. The predicted molar refractivity (Wildman–Crippen MR) is 95.6 cm³/mol. The quantitative estimate of drug-likeness (QED) is 0.806. The van der Waals surface area contributed by atoms with Gasteiger partial charge in [-0.1, -0.05) is 0 Å². The molecule has 2 aromatic carbocycles. The fraction of sp³-hybridized carbons (Fsp3) is 0.250. The van der Waals surface area contributed by atoms with E-state index in [0.29, 0.717) is 29.2 Å². The number of hydrogen-bond donors (Lipinski definition) is 1. The highest BCUT2D eigenvalue weighted by atomic mass is 32.2. The van der Waals surface area contributed by atoms with Crippen molar-refractivity contribution in [2.45, 2.75) is 16.2 Å². The third kappa shape index (κ3) is 3.11. The lowest BCUT2D eigenvalue weighted by atomic mass is 10.2. The molecular weight excluding hydrogens is 380 g/mol. The maximum Gasteiger partial charge on any atom is 0.264 e. The van der Waals surface area contributed by atoms with E-state index in [1.54, 1.807) is 0 Å². The Morgan fingerprint density at radius 2 is 1.58 bits per heavy atom. The maximum absolute atomic E-state index is 13.0. The molecular formula is C16H18N2O6S2. The lowest BCUT2D eigenvalue weighted by Gasteiger charge is -2.20. The number of nitrogens with two attached hydrogens (primary N) is 1. The number of nitrogens with zero attached hydrogens (tertiary/aromatic N) is 1. The second kappa shape index (κ2) is 6.45. The maximum atomic E-state index is 13.0. The van der Waals surface area contributed by atoms with Crippen LogP contribution in [0.5, 0.6) is 11.5 Å². The van der Waals surface area contributed by atoms with E-state index in [1.165, 1.54) is 54.9 Å². The zero-order valence-electron chi connectivity index (χ0n) is 14.2. The number of primary sulfonamides is 1. The van der Waals surface area contributed by atoms with Crippen LogP contribution in [-0.2, 0) is 26.5 Å². The Balaban J connectivity index is 2.04.